The molecule has 0 saturated heterocycles. The average Bonchev–Trinajstić information content (AvgIpc) is 2.79. The summed E-state index contributed by atoms with van der Waals surface area (Å²) < 4.78 is 26.6. The first-order valence-corrected chi connectivity index (χ1v) is 10.9. The van der Waals surface area contributed by atoms with E-state index < -0.39 is 10.0 Å². The van der Waals surface area contributed by atoms with E-state index in [4.69, 9.17) is 0 Å². The summed E-state index contributed by atoms with van der Waals surface area (Å²) in [6, 6.07) is 21.0. The molecule has 1 N–H and O–H groups in total. The zero-order valence-electron chi connectivity index (χ0n) is 17.4. The summed E-state index contributed by atoms with van der Waals surface area (Å²) in [5, 5.41) is 2.76. The van der Waals surface area contributed by atoms with Gasteiger partial charge in [-0.25, -0.2) is 8.42 Å². The smallest absolute Gasteiger partial charge is 0.264 e. The molecule has 8 heteroatoms. The van der Waals surface area contributed by atoms with Crippen LogP contribution in [0.5, 0.6) is 0 Å². The third-order valence-electron chi connectivity index (χ3n) is 4.69. The summed E-state index contributed by atoms with van der Waals surface area (Å²) >= 11 is 0. The van der Waals surface area contributed by atoms with Gasteiger partial charge >= 0.3 is 0 Å². The number of sulfonamides is 1. The molecule has 0 spiro atoms. The highest BCUT2D eigenvalue weighted by Crippen LogP contribution is 2.22. The summed E-state index contributed by atoms with van der Waals surface area (Å²) in [5.74, 6) is -0.463. The first-order valence-electron chi connectivity index (χ1n) is 9.47. The molecule has 0 atom stereocenters. The normalized spacial score (nSPS) is 10.9. The summed E-state index contributed by atoms with van der Waals surface area (Å²) in [6.45, 7) is 0. The van der Waals surface area contributed by atoms with Gasteiger partial charge in [-0.1, -0.05) is 18.2 Å². The van der Waals surface area contributed by atoms with Crippen molar-refractivity contribution in [3.8, 4) is 0 Å². The number of hydrogen-bond donors (Lipinski definition) is 1. The minimum absolute atomic E-state index is 0.122. The van der Waals surface area contributed by atoms with Crippen molar-refractivity contribution in [2.75, 3.05) is 30.8 Å². The maximum Gasteiger partial charge on any atom is 0.264 e. The van der Waals surface area contributed by atoms with Crippen LogP contribution < -0.4 is 9.62 Å². The third-order valence-corrected chi connectivity index (χ3v) is 6.49. The van der Waals surface area contributed by atoms with Crippen molar-refractivity contribution in [3.05, 3.63) is 90.0 Å². The molecule has 160 valence electrons. The number of amides is 2. The van der Waals surface area contributed by atoms with E-state index in [0.29, 0.717) is 22.5 Å². The number of benzene rings is 3. The van der Waals surface area contributed by atoms with E-state index >= 15 is 0 Å². The summed E-state index contributed by atoms with van der Waals surface area (Å²) in [4.78, 5) is 26.1. The summed E-state index contributed by atoms with van der Waals surface area (Å²) in [5.41, 5.74) is 1.89. The second-order valence-corrected chi connectivity index (χ2v) is 9.03. The molecule has 0 aromatic heterocycles. The van der Waals surface area contributed by atoms with E-state index in [1.807, 2.05) is 0 Å². The van der Waals surface area contributed by atoms with E-state index in [9.17, 15) is 18.0 Å². The molecular weight excluding hydrogens is 414 g/mol. The van der Waals surface area contributed by atoms with Crippen molar-refractivity contribution in [2.45, 2.75) is 4.90 Å². The zero-order chi connectivity index (χ0) is 22.6. The predicted octanol–water partition coefficient (Wildman–Crippen LogP) is 3.47. The molecule has 0 heterocycles. The number of anilines is 2. The molecule has 31 heavy (non-hydrogen) atoms. The topological polar surface area (TPSA) is 86.8 Å². The highest BCUT2D eigenvalue weighted by atomic mass is 32.2. The van der Waals surface area contributed by atoms with Crippen molar-refractivity contribution >= 4 is 33.2 Å². The number of carbonyl (C=O) groups is 2. The second-order valence-electron chi connectivity index (χ2n) is 7.06. The largest absolute Gasteiger partial charge is 0.345 e. The van der Waals surface area contributed by atoms with Crippen LogP contribution in [0.15, 0.2) is 83.8 Å². The lowest BCUT2D eigenvalue weighted by atomic mass is 10.1. The average molecular weight is 438 g/mol. The Bertz CT molecular complexity index is 1170. The lowest BCUT2D eigenvalue weighted by molar-refractivity contribution is 0.0827. The molecule has 7 nitrogen and oxygen atoms in total. The van der Waals surface area contributed by atoms with E-state index in [0.717, 1.165) is 0 Å². The Labute approximate surface area is 182 Å². The lowest BCUT2D eigenvalue weighted by Gasteiger charge is -2.19. The molecule has 0 aliphatic heterocycles. The Hall–Kier alpha value is -3.65. The second kappa shape index (κ2) is 9.01. The standard InChI is InChI=1S/C23H23N3O4S/c1-25(2)23(28)18-9-13-19(14-10-18)24-22(27)17-11-15-20(16-12-17)26(3)31(29,30)21-7-5-4-6-8-21/h4-16H,1-3H3,(H,24,27). The van der Waals surface area contributed by atoms with Crippen molar-refractivity contribution in [3.63, 3.8) is 0 Å². The van der Waals surface area contributed by atoms with Gasteiger partial charge in [0.15, 0.2) is 0 Å². The molecular formula is C23H23N3O4S. The third kappa shape index (κ3) is 4.92. The zero-order valence-corrected chi connectivity index (χ0v) is 18.3. The molecule has 0 bridgehead atoms. The quantitative estimate of drug-likeness (QED) is 0.640. The Morgan fingerprint density at radius 1 is 0.742 bits per heavy atom. The monoisotopic (exact) mass is 437 g/mol. The van der Waals surface area contributed by atoms with Crippen LogP contribution >= 0.6 is 0 Å². The number of carbonyl (C=O) groups excluding carboxylic acids is 2. The van der Waals surface area contributed by atoms with Gasteiger partial charge in [-0.05, 0) is 60.7 Å². The van der Waals surface area contributed by atoms with Crippen LogP contribution in [0.1, 0.15) is 20.7 Å². The molecule has 0 radical (unpaired) electrons. The Morgan fingerprint density at radius 3 is 1.84 bits per heavy atom. The number of nitrogens with zero attached hydrogens (tertiary/aromatic N) is 2. The van der Waals surface area contributed by atoms with Gasteiger partial charge in [-0.3, -0.25) is 13.9 Å². The van der Waals surface area contributed by atoms with Crippen LogP contribution in [0.3, 0.4) is 0 Å². The van der Waals surface area contributed by atoms with E-state index in [-0.39, 0.29) is 16.7 Å². The molecule has 2 amide bonds. The molecule has 0 aliphatic carbocycles. The maximum absolute atomic E-state index is 12.7. The van der Waals surface area contributed by atoms with Crippen LogP contribution in [0.25, 0.3) is 0 Å². The van der Waals surface area contributed by atoms with Gasteiger partial charge < -0.3 is 10.2 Å². The van der Waals surface area contributed by atoms with Crippen molar-refractivity contribution < 1.29 is 18.0 Å². The molecule has 3 rings (SSSR count). The molecule has 0 aliphatic rings. The SMILES string of the molecule is CN(C)C(=O)c1ccc(NC(=O)c2ccc(N(C)S(=O)(=O)c3ccccc3)cc2)cc1. The molecule has 0 fully saturated rings. The predicted molar refractivity (Wildman–Crippen MR) is 121 cm³/mol. The van der Waals surface area contributed by atoms with Gasteiger partial charge in [0.1, 0.15) is 0 Å². The first-order chi connectivity index (χ1) is 14.7. The van der Waals surface area contributed by atoms with Gasteiger partial charge in [-0.15, -0.1) is 0 Å². The molecule has 0 unspecified atom stereocenters. The number of hydrogen-bond acceptors (Lipinski definition) is 4. The van der Waals surface area contributed by atoms with Crippen LogP contribution in [0, 0.1) is 0 Å². The van der Waals surface area contributed by atoms with Crippen molar-refractivity contribution in [1.82, 2.24) is 4.90 Å². The van der Waals surface area contributed by atoms with Crippen LogP contribution in [-0.2, 0) is 10.0 Å². The Kier molecular flexibility index (Phi) is 6.41. The van der Waals surface area contributed by atoms with Crippen molar-refractivity contribution in [1.29, 1.82) is 0 Å². The van der Waals surface area contributed by atoms with Gasteiger partial charge in [0, 0.05) is 38.0 Å². The highest BCUT2D eigenvalue weighted by Gasteiger charge is 2.21. The Morgan fingerprint density at radius 2 is 1.29 bits per heavy atom. The molecule has 3 aromatic rings. The van der Waals surface area contributed by atoms with Gasteiger partial charge in [0.05, 0.1) is 10.6 Å². The molecule has 0 saturated carbocycles. The van der Waals surface area contributed by atoms with E-state index in [1.54, 1.807) is 80.8 Å². The van der Waals surface area contributed by atoms with Crippen molar-refractivity contribution in [2.24, 2.45) is 0 Å². The summed E-state index contributed by atoms with van der Waals surface area (Å²) in [7, 11) is 1.12. The van der Waals surface area contributed by atoms with Crippen LogP contribution in [0.2, 0.25) is 0 Å². The van der Waals surface area contributed by atoms with Gasteiger partial charge in [-0.2, -0.15) is 0 Å². The first kappa shape index (κ1) is 22.0. The fourth-order valence-electron chi connectivity index (χ4n) is 2.87. The minimum Gasteiger partial charge on any atom is -0.345 e. The van der Waals surface area contributed by atoms with Gasteiger partial charge in [0.2, 0.25) is 0 Å². The fraction of sp³-hybridized carbons (Fsp3) is 0.130. The highest BCUT2D eigenvalue weighted by molar-refractivity contribution is 7.92. The lowest BCUT2D eigenvalue weighted by Crippen LogP contribution is -2.26. The van der Waals surface area contributed by atoms with Crippen LogP contribution in [0.4, 0.5) is 11.4 Å². The fourth-order valence-corrected chi connectivity index (χ4v) is 4.09. The number of rotatable bonds is 6. The van der Waals surface area contributed by atoms with E-state index in [2.05, 4.69) is 5.32 Å². The maximum atomic E-state index is 12.7. The van der Waals surface area contributed by atoms with Crippen LogP contribution in [-0.4, -0.2) is 46.3 Å². The molecule has 3 aromatic carbocycles. The van der Waals surface area contributed by atoms with Gasteiger partial charge in [0.25, 0.3) is 21.8 Å². The number of nitrogens with one attached hydrogen (secondary N) is 1. The summed E-state index contributed by atoms with van der Waals surface area (Å²) in [6.07, 6.45) is 0. The van der Waals surface area contributed by atoms with E-state index in [1.165, 1.54) is 28.4 Å². The Balaban J connectivity index is 1.71. The minimum atomic E-state index is -3.69.